The number of phenolic OH excluding ortho intramolecular Hbond substituents is 1. The zero-order chi connectivity index (χ0) is 23.4. The van der Waals surface area contributed by atoms with Gasteiger partial charge in [0.1, 0.15) is 11.6 Å². The fourth-order valence-electron chi connectivity index (χ4n) is 3.61. The molecule has 168 valence electrons. The van der Waals surface area contributed by atoms with Gasteiger partial charge >= 0.3 is 0 Å². The molecule has 2 aromatic carbocycles. The number of benzene rings is 2. The molecule has 1 aliphatic heterocycles. The molecule has 0 spiro atoms. The minimum Gasteiger partial charge on any atom is -0.507 e. The van der Waals surface area contributed by atoms with Crippen LogP contribution in [0.4, 0.5) is 4.39 Å². The lowest BCUT2D eigenvalue weighted by molar-refractivity contribution is 0.0896. The number of halogens is 1. The number of ketones is 1. The van der Waals surface area contributed by atoms with Gasteiger partial charge in [0.15, 0.2) is 5.78 Å². The molecule has 0 unspecified atom stereocenters. The molecule has 1 aliphatic rings. The van der Waals surface area contributed by atoms with Crippen molar-refractivity contribution >= 4 is 17.6 Å². The lowest BCUT2D eigenvalue weighted by Gasteiger charge is -2.21. The zero-order valence-electron chi connectivity index (χ0n) is 17.4. The van der Waals surface area contributed by atoms with E-state index in [0.29, 0.717) is 24.2 Å². The van der Waals surface area contributed by atoms with Crippen LogP contribution in [-0.4, -0.2) is 52.9 Å². The maximum absolute atomic E-state index is 13.4. The molecule has 2 amide bonds. The van der Waals surface area contributed by atoms with Crippen molar-refractivity contribution in [2.45, 2.75) is 12.1 Å². The van der Waals surface area contributed by atoms with Crippen molar-refractivity contribution in [2.24, 2.45) is 0 Å². The molecule has 2 heterocycles. The number of hydrogen-bond acceptors (Lipinski definition) is 6. The highest BCUT2D eigenvalue weighted by Gasteiger charge is 2.30. The van der Waals surface area contributed by atoms with Gasteiger partial charge < -0.3 is 21.1 Å². The van der Waals surface area contributed by atoms with Gasteiger partial charge in [-0.1, -0.05) is 12.1 Å². The van der Waals surface area contributed by atoms with Crippen LogP contribution in [0.2, 0.25) is 0 Å². The molecule has 0 saturated carbocycles. The first-order valence-corrected chi connectivity index (χ1v) is 10.3. The van der Waals surface area contributed by atoms with E-state index in [9.17, 15) is 23.9 Å². The largest absolute Gasteiger partial charge is 0.507 e. The van der Waals surface area contributed by atoms with Crippen LogP contribution in [0.1, 0.15) is 36.6 Å². The van der Waals surface area contributed by atoms with Gasteiger partial charge in [-0.25, -0.2) is 4.39 Å². The SMILES string of the molecule is O=C(N[C@@H]1CNC[C@H]1NC(=O)c1ccc(C(=O)c2cc(F)ccc2O)cc1)c1ccncc1. The van der Waals surface area contributed by atoms with Crippen LogP contribution in [-0.2, 0) is 0 Å². The summed E-state index contributed by atoms with van der Waals surface area (Å²) in [7, 11) is 0. The second kappa shape index (κ2) is 9.58. The summed E-state index contributed by atoms with van der Waals surface area (Å²) in [5, 5.41) is 18.8. The van der Waals surface area contributed by atoms with Gasteiger partial charge in [-0.2, -0.15) is 0 Å². The third kappa shape index (κ3) is 5.04. The quantitative estimate of drug-likeness (QED) is 0.426. The van der Waals surface area contributed by atoms with Crippen molar-refractivity contribution in [1.82, 2.24) is 20.9 Å². The van der Waals surface area contributed by atoms with Gasteiger partial charge in [0, 0.05) is 42.2 Å². The second-order valence-electron chi connectivity index (χ2n) is 7.62. The number of carbonyl (C=O) groups excluding carboxylic acids is 3. The van der Waals surface area contributed by atoms with Gasteiger partial charge in [-0.3, -0.25) is 19.4 Å². The second-order valence-corrected chi connectivity index (χ2v) is 7.62. The van der Waals surface area contributed by atoms with Gasteiger partial charge in [-0.05, 0) is 42.5 Å². The molecule has 0 aliphatic carbocycles. The fraction of sp³-hybridized carbons (Fsp3) is 0.167. The predicted octanol–water partition coefficient (Wildman–Crippen LogP) is 1.66. The Morgan fingerprint density at radius 1 is 0.848 bits per heavy atom. The molecular weight excluding hydrogens is 427 g/mol. The normalized spacial score (nSPS) is 17.4. The molecule has 1 aromatic heterocycles. The van der Waals surface area contributed by atoms with E-state index in [2.05, 4.69) is 20.9 Å². The van der Waals surface area contributed by atoms with E-state index in [4.69, 9.17) is 0 Å². The summed E-state index contributed by atoms with van der Waals surface area (Å²) >= 11 is 0. The molecule has 3 aromatic rings. The fourth-order valence-corrected chi connectivity index (χ4v) is 3.61. The zero-order valence-corrected chi connectivity index (χ0v) is 17.4. The summed E-state index contributed by atoms with van der Waals surface area (Å²) in [5.41, 5.74) is 0.849. The first kappa shape index (κ1) is 22.1. The summed E-state index contributed by atoms with van der Waals surface area (Å²) in [5.74, 6) is -2.13. The van der Waals surface area contributed by atoms with Crippen molar-refractivity contribution in [3.05, 3.63) is 95.1 Å². The van der Waals surface area contributed by atoms with Crippen LogP contribution in [0.15, 0.2) is 67.0 Å². The lowest BCUT2D eigenvalue weighted by Crippen LogP contribution is -2.51. The van der Waals surface area contributed by atoms with E-state index >= 15 is 0 Å². The summed E-state index contributed by atoms with van der Waals surface area (Å²) in [6, 6.07) is 11.6. The van der Waals surface area contributed by atoms with E-state index in [-0.39, 0.29) is 40.8 Å². The monoisotopic (exact) mass is 448 g/mol. The smallest absolute Gasteiger partial charge is 0.251 e. The average molecular weight is 448 g/mol. The molecule has 1 fully saturated rings. The molecule has 0 bridgehead atoms. The molecule has 0 radical (unpaired) electrons. The van der Waals surface area contributed by atoms with Crippen molar-refractivity contribution in [1.29, 1.82) is 0 Å². The van der Waals surface area contributed by atoms with Crippen LogP contribution in [0.25, 0.3) is 0 Å². The Morgan fingerprint density at radius 3 is 2.00 bits per heavy atom. The molecule has 8 nitrogen and oxygen atoms in total. The first-order chi connectivity index (χ1) is 15.9. The van der Waals surface area contributed by atoms with E-state index in [1.807, 2.05) is 0 Å². The van der Waals surface area contributed by atoms with E-state index in [1.54, 1.807) is 12.1 Å². The molecular formula is C24H21FN4O4. The van der Waals surface area contributed by atoms with Gasteiger partial charge in [0.2, 0.25) is 0 Å². The molecule has 9 heteroatoms. The van der Waals surface area contributed by atoms with Crippen LogP contribution in [0, 0.1) is 5.82 Å². The molecule has 33 heavy (non-hydrogen) atoms. The van der Waals surface area contributed by atoms with Gasteiger partial charge in [0.25, 0.3) is 11.8 Å². The van der Waals surface area contributed by atoms with Crippen molar-refractivity contribution in [2.75, 3.05) is 13.1 Å². The highest BCUT2D eigenvalue weighted by molar-refractivity contribution is 6.11. The lowest BCUT2D eigenvalue weighted by atomic mass is 10.0. The maximum Gasteiger partial charge on any atom is 0.251 e. The summed E-state index contributed by atoms with van der Waals surface area (Å²) in [4.78, 5) is 41.6. The minimum atomic E-state index is -0.636. The number of pyridine rings is 1. The number of hydrogen-bond donors (Lipinski definition) is 4. The Bertz CT molecular complexity index is 1180. The topological polar surface area (TPSA) is 120 Å². The predicted molar refractivity (Wildman–Crippen MR) is 118 cm³/mol. The number of carbonyl (C=O) groups is 3. The van der Waals surface area contributed by atoms with E-state index < -0.39 is 11.6 Å². The van der Waals surface area contributed by atoms with Crippen LogP contribution >= 0.6 is 0 Å². The number of aromatic hydroxyl groups is 1. The first-order valence-electron chi connectivity index (χ1n) is 10.3. The minimum absolute atomic E-state index is 0.156. The van der Waals surface area contributed by atoms with E-state index in [1.165, 1.54) is 36.7 Å². The van der Waals surface area contributed by atoms with Crippen molar-refractivity contribution in [3.8, 4) is 5.75 Å². The Morgan fingerprint density at radius 2 is 1.39 bits per heavy atom. The third-order valence-corrected chi connectivity index (χ3v) is 5.40. The van der Waals surface area contributed by atoms with Gasteiger partial charge in [-0.15, -0.1) is 0 Å². The van der Waals surface area contributed by atoms with Crippen LogP contribution in [0.3, 0.4) is 0 Å². The van der Waals surface area contributed by atoms with Crippen LogP contribution < -0.4 is 16.0 Å². The third-order valence-electron chi connectivity index (χ3n) is 5.40. The Kier molecular flexibility index (Phi) is 6.41. The van der Waals surface area contributed by atoms with Crippen molar-refractivity contribution in [3.63, 3.8) is 0 Å². The van der Waals surface area contributed by atoms with E-state index in [0.717, 1.165) is 18.2 Å². The summed E-state index contributed by atoms with van der Waals surface area (Å²) < 4.78 is 13.4. The number of aromatic nitrogens is 1. The number of nitrogens with one attached hydrogen (secondary N) is 3. The van der Waals surface area contributed by atoms with Crippen molar-refractivity contribution < 1.29 is 23.9 Å². The number of phenols is 1. The highest BCUT2D eigenvalue weighted by Crippen LogP contribution is 2.22. The highest BCUT2D eigenvalue weighted by atomic mass is 19.1. The summed E-state index contributed by atoms with van der Waals surface area (Å²) in [6.07, 6.45) is 3.07. The molecule has 4 rings (SSSR count). The Labute approximate surface area is 188 Å². The van der Waals surface area contributed by atoms with Gasteiger partial charge in [0.05, 0.1) is 17.6 Å². The average Bonchev–Trinajstić information content (AvgIpc) is 3.27. The number of rotatable bonds is 6. The Balaban J connectivity index is 1.40. The number of amides is 2. The number of nitrogens with zero attached hydrogens (tertiary/aromatic N) is 1. The molecule has 2 atom stereocenters. The maximum atomic E-state index is 13.4. The summed E-state index contributed by atoms with van der Waals surface area (Å²) in [6.45, 7) is 0.995. The van der Waals surface area contributed by atoms with Crippen LogP contribution in [0.5, 0.6) is 5.75 Å². The molecule has 1 saturated heterocycles. The standard InChI is InChI=1S/C24H21FN4O4/c25-17-5-6-21(30)18(11-17)22(31)14-1-3-15(4-2-14)23(32)28-19-12-27-13-20(19)29-24(33)16-7-9-26-10-8-16/h1-11,19-20,27,30H,12-13H2,(H,28,32)(H,29,33)/t19-,20-/m1/s1. The molecule has 4 N–H and O–H groups in total. The Hall–Kier alpha value is -4.11.